The largest absolute Gasteiger partial charge is 0.359 e. The third kappa shape index (κ3) is 3.05. The van der Waals surface area contributed by atoms with Crippen LogP contribution in [-0.4, -0.2) is 11.0 Å². The van der Waals surface area contributed by atoms with Crippen LogP contribution in [0.15, 0.2) is 28.7 Å². The van der Waals surface area contributed by atoms with Crippen LogP contribution < -0.4 is 5.32 Å². The van der Waals surface area contributed by atoms with Crippen molar-refractivity contribution in [3.05, 3.63) is 33.6 Å². The maximum absolute atomic E-state index is 4.68. The van der Waals surface area contributed by atoms with Gasteiger partial charge in [0.1, 0.15) is 0 Å². The average Bonchev–Trinajstić information content (AvgIpc) is 3.03. The SMILES string of the molecule is Cc1sc(NC2CC2)nc1-c1ccc(Br)cc1.Cl. The zero-order chi connectivity index (χ0) is 11.8. The van der Waals surface area contributed by atoms with Gasteiger partial charge in [0.2, 0.25) is 0 Å². The number of thiazole rings is 1. The van der Waals surface area contributed by atoms with Gasteiger partial charge in [-0.05, 0) is 31.9 Å². The Bertz CT molecular complexity index is 534. The molecule has 96 valence electrons. The van der Waals surface area contributed by atoms with Gasteiger partial charge in [-0.15, -0.1) is 23.7 Å². The molecule has 0 atom stereocenters. The van der Waals surface area contributed by atoms with E-state index in [-0.39, 0.29) is 12.4 Å². The molecule has 0 bridgehead atoms. The lowest BCUT2D eigenvalue weighted by atomic mass is 10.1. The van der Waals surface area contributed by atoms with Crippen molar-refractivity contribution in [2.24, 2.45) is 0 Å². The molecule has 2 nitrogen and oxygen atoms in total. The van der Waals surface area contributed by atoms with E-state index in [0.29, 0.717) is 6.04 Å². The number of benzene rings is 1. The second-order valence-electron chi connectivity index (χ2n) is 4.35. The molecule has 0 radical (unpaired) electrons. The fourth-order valence-electron chi connectivity index (χ4n) is 1.74. The van der Waals surface area contributed by atoms with Crippen molar-refractivity contribution in [3.8, 4) is 11.3 Å². The Hall–Kier alpha value is -0.580. The highest BCUT2D eigenvalue weighted by Gasteiger charge is 2.22. The summed E-state index contributed by atoms with van der Waals surface area (Å²) in [6.07, 6.45) is 2.57. The zero-order valence-electron chi connectivity index (χ0n) is 9.94. The first kappa shape index (κ1) is 13.8. The highest BCUT2D eigenvalue weighted by Crippen LogP contribution is 2.33. The molecule has 18 heavy (non-hydrogen) atoms. The Balaban J connectivity index is 0.00000120. The van der Waals surface area contributed by atoms with E-state index in [0.717, 1.165) is 15.3 Å². The number of anilines is 1. The Morgan fingerprint density at radius 1 is 1.28 bits per heavy atom. The number of nitrogens with one attached hydrogen (secondary N) is 1. The summed E-state index contributed by atoms with van der Waals surface area (Å²) >= 11 is 5.20. The van der Waals surface area contributed by atoms with Crippen LogP contribution in [0.4, 0.5) is 5.13 Å². The lowest BCUT2D eigenvalue weighted by Crippen LogP contribution is -1.99. The van der Waals surface area contributed by atoms with Gasteiger partial charge in [-0.2, -0.15) is 0 Å². The van der Waals surface area contributed by atoms with Gasteiger partial charge in [-0.25, -0.2) is 4.98 Å². The molecule has 1 N–H and O–H groups in total. The van der Waals surface area contributed by atoms with E-state index in [2.05, 4.69) is 57.4 Å². The fourth-order valence-corrected chi connectivity index (χ4v) is 2.91. The molecule has 1 aliphatic rings. The van der Waals surface area contributed by atoms with E-state index in [1.807, 2.05) is 0 Å². The number of nitrogens with zero attached hydrogens (tertiary/aromatic N) is 1. The summed E-state index contributed by atoms with van der Waals surface area (Å²) in [5, 5.41) is 4.51. The van der Waals surface area contributed by atoms with E-state index in [9.17, 15) is 0 Å². The Kier molecular flexibility index (Phi) is 4.30. The number of aromatic nitrogens is 1. The van der Waals surface area contributed by atoms with Gasteiger partial charge in [0.25, 0.3) is 0 Å². The minimum atomic E-state index is 0. The Morgan fingerprint density at radius 2 is 1.94 bits per heavy atom. The summed E-state index contributed by atoms with van der Waals surface area (Å²) in [7, 11) is 0. The number of aryl methyl sites for hydroxylation is 1. The fraction of sp³-hybridized carbons (Fsp3) is 0.308. The molecule has 0 spiro atoms. The van der Waals surface area contributed by atoms with E-state index >= 15 is 0 Å². The minimum Gasteiger partial charge on any atom is -0.359 e. The summed E-state index contributed by atoms with van der Waals surface area (Å²) in [6.45, 7) is 2.13. The normalized spacial score (nSPS) is 14.1. The van der Waals surface area contributed by atoms with Crippen molar-refractivity contribution >= 4 is 44.8 Å². The van der Waals surface area contributed by atoms with Crippen LogP contribution in [0.2, 0.25) is 0 Å². The highest BCUT2D eigenvalue weighted by molar-refractivity contribution is 9.10. The summed E-state index contributed by atoms with van der Waals surface area (Å²) in [5.41, 5.74) is 2.29. The maximum atomic E-state index is 4.68. The molecular weight excluding hydrogens is 332 g/mol. The Labute approximate surface area is 125 Å². The standard InChI is InChI=1S/C13H13BrN2S.ClH/c1-8-12(9-2-4-10(14)5-3-9)16-13(17-8)15-11-6-7-11;/h2-5,11H,6-7H2,1H3,(H,15,16);1H. The third-order valence-electron chi connectivity index (χ3n) is 2.82. The maximum Gasteiger partial charge on any atom is 0.183 e. The van der Waals surface area contributed by atoms with Gasteiger partial charge in [0, 0.05) is 21.0 Å². The number of rotatable bonds is 3. The number of hydrogen-bond acceptors (Lipinski definition) is 3. The van der Waals surface area contributed by atoms with Crippen LogP contribution in [0, 0.1) is 6.92 Å². The summed E-state index contributed by atoms with van der Waals surface area (Å²) in [5.74, 6) is 0. The highest BCUT2D eigenvalue weighted by atomic mass is 79.9. The predicted molar refractivity (Wildman–Crippen MR) is 83.9 cm³/mol. The first-order valence-electron chi connectivity index (χ1n) is 5.72. The monoisotopic (exact) mass is 344 g/mol. The lowest BCUT2D eigenvalue weighted by Gasteiger charge is -1.99. The lowest BCUT2D eigenvalue weighted by molar-refractivity contribution is 1.14. The smallest absolute Gasteiger partial charge is 0.183 e. The van der Waals surface area contributed by atoms with Crippen molar-refractivity contribution < 1.29 is 0 Å². The average molecular weight is 346 g/mol. The Morgan fingerprint density at radius 3 is 2.56 bits per heavy atom. The van der Waals surface area contributed by atoms with Gasteiger partial charge < -0.3 is 5.32 Å². The number of halogens is 2. The van der Waals surface area contributed by atoms with Gasteiger partial charge in [-0.1, -0.05) is 28.1 Å². The third-order valence-corrected chi connectivity index (χ3v) is 4.25. The van der Waals surface area contributed by atoms with Crippen LogP contribution in [0.3, 0.4) is 0 Å². The molecule has 0 aliphatic heterocycles. The molecule has 1 heterocycles. The summed E-state index contributed by atoms with van der Waals surface area (Å²) < 4.78 is 1.10. The van der Waals surface area contributed by atoms with Crippen LogP contribution in [0.25, 0.3) is 11.3 Å². The molecule has 3 rings (SSSR count). The topological polar surface area (TPSA) is 24.9 Å². The molecule has 5 heteroatoms. The van der Waals surface area contributed by atoms with E-state index in [1.54, 1.807) is 11.3 Å². The molecule has 0 saturated heterocycles. The van der Waals surface area contributed by atoms with Crippen LogP contribution in [0.5, 0.6) is 0 Å². The molecule has 1 saturated carbocycles. The quantitative estimate of drug-likeness (QED) is 0.858. The van der Waals surface area contributed by atoms with Crippen molar-refractivity contribution in [1.29, 1.82) is 0 Å². The van der Waals surface area contributed by atoms with Gasteiger partial charge in [0.15, 0.2) is 5.13 Å². The molecule has 0 unspecified atom stereocenters. The predicted octanol–water partition coefficient (Wildman–Crippen LogP) is 4.88. The second-order valence-corrected chi connectivity index (χ2v) is 6.47. The second kappa shape index (κ2) is 5.59. The van der Waals surface area contributed by atoms with Crippen molar-refractivity contribution in [3.63, 3.8) is 0 Å². The van der Waals surface area contributed by atoms with Crippen LogP contribution in [-0.2, 0) is 0 Å². The molecule has 1 fully saturated rings. The van der Waals surface area contributed by atoms with Crippen LogP contribution in [0.1, 0.15) is 17.7 Å². The number of hydrogen-bond donors (Lipinski definition) is 1. The van der Waals surface area contributed by atoms with Gasteiger partial charge in [-0.3, -0.25) is 0 Å². The molecule has 1 aliphatic carbocycles. The van der Waals surface area contributed by atoms with E-state index in [4.69, 9.17) is 0 Å². The molecule has 2 aromatic rings. The first-order valence-corrected chi connectivity index (χ1v) is 7.33. The molecule has 0 amide bonds. The summed E-state index contributed by atoms with van der Waals surface area (Å²) in [4.78, 5) is 5.96. The van der Waals surface area contributed by atoms with Crippen molar-refractivity contribution in [2.45, 2.75) is 25.8 Å². The first-order chi connectivity index (χ1) is 8.22. The molecule has 1 aromatic heterocycles. The van der Waals surface area contributed by atoms with Gasteiger partial charge >= 0.3 is 0 Å². The minimum absolute atomic E-state index is 0. The van der Waals surface area contributed by atoms with Crippen molar-refractivity contribution in [1.82, 2.24) is 4.98 Å². The van der Waals surface area contributed by atoms with Gasteiger partial charge in [0.05, 0.1) is 5.69 Å². The molecule has 1 aromatic carbocycles. The van der Waals surface area contributed by atoms with Crippen LogP contribution >= 0.6 is 39.7 Å². The zero-order valence-corrected chi connectivity index (χ0v) is 13.2. The van der Waals surface area contributed by atoms with E-state index < -0.39 is 0 Å². The molecular formula is C13H14BrClN2S. The van der Waals surface area contributed by atoms with Crippen molar-refractivity contribution in [2.75, 3.05) is 5.32 Å². The summed E-state index contributed by atoms with van der Waals surface area (Å²) in [6, 6.07) is 8.99. The van der Waals surface area contributed by atoms with E-state index in [1.165, 1.54) is 23.3 Å².